The van der Waals surface area contributed by atoms with Gasteiger partial charge in [0.15, 0.2) is 5.65 Å². The van der Waals surface area contributed by atoms with Crippen LogP contribution in [0.2, 0.25) is 0 Å². The molecule has 2 atom stereocenters. The molecular weight excluding hydrogens is 490 g/mol. The number of anilines is 2. The summed E-state index contributed by atoms with van der Waals surface area (Å²) in [5, 5.41) is 11.6. The van der Waals surface area contributed by atoms with E-state index in [2.05, 4.69) is 59.6 Å². The Morgan fingerprint density at radius 2 is 1.92 bits per heavy atom. The summed E-state index contributed by atoms with van der Waals surface area (Å²) in [5.41, 5.74) is 4.17. The van der Waals surface area contributed by atoms with Crippen molar-refractivity contribution in [3.05, 3.63) is 47.4 Å². The molecule has 9 nitrogen and oxygen atoms in total. The Kier molecular flexibility index (Phi) is 9.66. The van der Waals surface area contributed by atoms with Gasteiger partial charge >= 0.3 is 0 Å². The molecule has 0 bridgehead atoms. The molecule has 0 aliphatic carbocycles. The van der Waals surface area contributed by atoms with Crippen LogP contribution in [0.15, 0.2) is 30.6 Å². The highest BCUT2D eigenvalue weighted by molar-refractivity contribution is 5.61. The number of pyridine rings is 1. The van der Waals surface area contributed by atoms with Crippen molar-refractivity contribution in [2.45, 2.75) is 90.6 Å². The number of hydrogen-bond acceptors (Lipinski definition) is 8. The summed E-state index contributed by atoms with van der Waals surface area (Å²) >= 11 is 0. The largest absolute Gasteiger partial charge is 0.375 e. The summed E-state index contributed by atoms with van der Waals surface area (Å²) in [7, 11) is 0. The number of ether oxygens (including phenoxy) is 2. The maximum absolute atomic E-state index is 6.18. The van der Waals surface area contributed by atoms with Crippen LogP contribution < -0.4 is 15.5 Å². The molecule has 2 N–H and O–H groups in total. The number of nitrogens with one attached hydrogen (secondary N) is 2. The van der Waals surface area contributed by atoms with Crippen LogP contribution in [-0.4, -0.2) is 64.6 Å². The van der Waals surface area contributed by atoms with E-state index in [1.807, 2.05) is 16.9 Å². The zero-order valence-electron chi connectivity index (χ0n) is 23.9. The van der Waals surface area contributed by atoms with Gasteiger partial charge in [-0.25, -0.2) is 4.98 Å². The number of rotatable bonds is 12. The van der Waals surface area contributed by atoms with Gasteiger partial charge in [-0.3, -0.25) is 4.98 Å². The smallest absolute Gasteiger partial charge is 0.162 e. The molecule has 2 fully saturated rings. The highest BCUT2D eigenvalue weighted by Gasteiger charge is 2.18. The Hall–Kier alpha value is -2.75. The van der Waals surface area contributed by atoms with Crippen LogP contribution in [0.25, 0.3) is 5.65 Å². The summed E-state index contributed by atoms with van der Waals surface area (Å²) in [6, 6.07) is 6.34. The molecule has 5 rings (SSSR count). The number of hydrogen-bond donors (Lipinski definition) is 2. The van der Waals surface area contributed by atoms with Crippen molar-refractivity contribution in [2.75, 3.05) is 43.0 Å². The highest BCUT2D eigenvalue weighted by Crippen LogP contribution is 2.25. The number of aromatic nitrogens is 4. The van der Waals surface area contributed by atoms with Crippen LogP contribution in [0.3, 0.4) is 0 Å². The maximum Gasteiger partial charge on any atom is 0.162 e. The second-order valence-corrected chi connectivity index (χ2v) is 10.9. The molecule has 212 valence electrons. The van der Waals surface area contributed by atoms with E-state index in [9.17, 15) is 0 Å². The summed E-state index contributed by atoms with van der Waals surface area (Å²) in [6.45, 7) is 11.9. The van der Waals surface area contributed by atoms with E-state index in [1.54, 1.807) is 0 Å². The lowest BCUT2D eigenvalue weighted by molar-refractivity contribution is -0.0395. The standard InChI is InChI=1S/C30H45N7O2/c1-4-25-21-34-37-28(18-29(35-30(25)37)36-15-6-5-7-16-36)33-20-24-8-9-27(32-19-24)23(3)38-17-12-22(2)39-26-10-13-31-14-11-26/h8-9,18-19,21-23,26,31,33H,4-7,10-17,20H2,1-3H3. The Balaban J connectivity index is 1.15. The fraction of sp³-hybridized carbons (Fsp3) is 0.633. The quantitative estimate of drug-likeness (QED) is 0.338. The molecule has 0 aromatic carbocycles. The molecule has 3 aromatic heterocycles. The molecule has 2 aliphatic heterocycles. The van der Waals surface area contributed by atoms with Crippen molar-refractivity contribution in [2.24, 2.45) is 0 Å². The molecule has 0 saturated carbocycles. The van der Waals surface area contributed by atoms with Gasteiger partial charge in [-0.15, -0.1) is 0 Å². The third-order valence-corrected chi connectivity index (χ3v) is 7.93. The number of fused-ring (bicyclic) bond motifs is 1. The van der Waals surface area contributed by atoms with E-state index >= 15 is 0 Å². The van der Waals surface area contributed by atoms with Crippen LogP contribution in [0.4, 0.5) is 11.6 Å². The van der Waals surface area contributed by atoms with Crippen LogP contribution >= 0.6 is 0 Å². The Morgan fingerprint density at radius 1 is 1.10 bits per heavy atom. The lowest BCUT2D eigenvalue weighted by atomic mass is 10.1. The van der Waals surface area contributed by atoms with Gasteiger partial charge < -0.3 is 25.0 Å². The minimum Gasteiger partial charge on any atom is -0.375 e. The summed E-state index contributed by atoms with van der Waals surface area (Å²) in [4.78, 5) is 12.1. The van der Waals surface area contributed by atoms with Crippen molar-refractivity contribution in [1.82, 2.24) is 24.9 Å². The van der Waals surface area contributed by atoms with E-state index in [0.717, 1.165) is 80.4 Å². The molecule has 2 saturated heterocycles. The first-order valence-corrected chi connectivity index (χ1v) is 14.9. The van der Waals surface area contributed by atoms with Crippen molar-refractivity contribution < 1.29 is 9.47 Å². The predicted molar refractivity (Wildman–Crippen MR) is 155 cm³/mol. The van der Waals surface area contributed by atoms with Gasteiger partial charge in [0.25, 0.3) is 0 Å². The molecule has 2 aliphatic rings. The second-order valence-electron chi connectivity index (χ2n) is 10.9. The average Bonchev–Trinajstić information content (AvgIpc) is 3.40. The van der Waals surface area contributed by atoms with Crippen molar-refractivity contribution in [3.63, 3.8) is 0 Å². The first kappa shape index (κ1) is 27.8. The van der Waals surface area contributed by atoms with E-state index in [4.69, 9.17) is 19.4 Å². The Bertz CT molecular complexity index is 1170. The first-order chi connectivity index (χ1) is 19.1. The van der Waals surface area contributed by atoms with Gasteiger partial charge in [0.2, 0.25) is 0 Å². The van der Waals surface area contributed by atoms with Crippen molar-refractivity contribution in [3.8, 4) is 0 Å². The van der Waals surface area contributed by atoms with Gasteiger partial charge in [-0.2, -0.15) is 9.61 Å². The molecule has 2 unspecified atom stereocenters. The summed E-state index contributed by atoms with van der Waals surface area (Å²) < 4.78 is 14.2. The lowest BCUT2D eigenvalue weighted by Crippen LogP contribution is -2.34. The van der Waals surface area contributed by atoms with E-state index in [1.165, 1.54) is 24.8 Å². The maximum atomic E-state index is 6.18. The predicted octanol–water partition coefficient (Wildman–Crippen LogP) is 4.91. The minimum absolute atomic E-state index is 0.0541. The molecule has 0 radical (unpaired) electrons. The number of nitrogens with zero attached hydrogens (tertiary/aromatic N) is 5. The Morgan fingerprint density at radius 3 is 2.67 bits per heavy atom. The van der Waals surface area contributed by atoms with E-state index in [-0.39, 0.29) is 12.2 Å². The van der Waals surface area contributed by atoms with E-state index < -0.39 is 0 Å². The topological polar surface area (TPSA) is 88.8 Å². The van der Waals surface area contributed by atoms with Gasteiger partial charge in [0, 0.05) is 44.1 Å². The summed E-state index contributed by atoms with van der Waals surface area (Å²) in [6.07, 6.45) is 12.2. The van der Waals surface area contributed by atoms with Gasteiger partial charge in [0.1, 0.15) is 11.6 Å². The third kappa shape index (κ3) is 7.26. The summed E-state index contributed by atoms with van der Waals surface area (Å²) in [5.74, 6) is 2.00. The molecule has 9 heteroatoms. The number of piperidine rings is 2. The fourth-order valence-corrected chi connectivity index (χ4v) is 5.45. The molecule has 3 aromatic rings. The zero-order chi connectivity index (χ0) is 27.0. The highest BCUT2D eigenvalue weighted by atomic mass is 16.5. The third-order valence-electron chi connectivity index (χ3n) is 7.93. The normalized spacial score (nSPS) is 18.4. The zero-order valence-corrected chi connectivity index (χ0v) is 23.9. The van der Waals surface area contributed by atoms with E-state index in [0.29, 0.717) is 19.3 Å². The molecular formula is C30H45N7O2. The fourth-order valence-electron chi connectivity index (χ4n) is 5.45. The molecule has 39 heavy (non-hydrogen) atoms. The average molecular weight is 536 g/mol. The molecule has 5 heterocycles. The Labute approximate surface area is 232 Å². The van der Waals surface area contributed by atoms with Crippen LogP contribution in [0.5, 0.6) is 0 Å². The minimum atomic E-state index is -0.0541. The lowest BCUT2D eigenvalue weighted by Gasteiger charge is -2.28. The van der Waals surface area contributed by atoms with Gasteiger partial charge in [-0.1, -0.05) is 13.0 Å². The first-order valence-electron chi connectivity index (χ1n) is 14.9. The monoisotopic (exact) mass is 535 g/mol. The molecule has 0 amide bonds. The van der Waals surface area contributed by atoms with Gasteiger partial charge in [0.05, 0.1) is 30.2 Å². The SMILES string of the molecule is CCc1cnn2c(NCc3ccc(C(C)OCCC(C)OC4CCNCC4)nc3)cc(N3CCCCC3)nc12. The van der Waals surface area contributed by atoms with Crippen molar-refractivity contribution >= 4 is 17.3 Å². The second kappa shape index (κ2) is 13.5. The van der Waals surface area contributed by atoms with Crippen LogP contribution in [0.1, 0.15) is 82.2 Å². The van der Waals surface area contributed by atoms with Crippen molar-refractivity contribution in [1.29, 1.82) is 0 Å². The number of aryl methyl sites for hydroxylation is 1. The van der Waals surface area contributed by atoms with Crippen LogP contribution in [0, 0.1) is 0 Å². The van der Waals surface area contributed by atoms with Gasteiger partial charge in [-0.05, 0) is 83.5 Å². The molecule has 0 spiro atoms. The van der Waals surface area contributed by atoms with Crippen LogP contribution in [-0.2, 0) is 22.4 Å².